The predicted octanol–water partition coefficient (Wildman–Crippen LogP) is 2.14. The van der Waals surface area contributed by atoms with Gasteiger partial charge in [0.25, 0.3) is 0 Å². The zero-order chi connectivity index (χ0) is 14.4. The summed E-state index contributed by atoms with van der Waals surface area (Å²) < 4.78 is 13.4. The molecule has 1 amide bonds. The molecule has 0 bridgehead atoms. The van der Waals surface area contributed by atoms with Crippen molar-refractivity contribution < 1.29 is 9.18 Å². The van der Waals surface area contributed by atoms with Gasteiger partial charge in [0.1, 0.15) is 5.82 Å². The summed E-state index contributed by atoms with van der Waals surface area (Å²) >= 11 is 0. The lowest BCUT2D eigenvalue weighted by Crippen LogP contribution is -2.25. The van der Waals surface area contributed by atoms with E-state index in [2.05, 4.69) is 5.32 Å². The van der Waals surface area contributed by atoms with Gasteiger partial charge >= 0.3 is 0 Å². The highest BCUT2D eigenvalue weighted by Gasteiger charge is 2.08. The van der Waals surface area contributed by atoms with Crippen molar-refractivity contribution in [1.29, 1.82) is 0 Å². The van der Waals surface area contributed by atoms with Gasteiger partial charge in [0.2, 0.25) is 5.91 Å². The summed E-state index contributed by atoms with van der Waals surface area (Å²) in [4.78, 5) is 11.8. The average molecular weight is 272 g/mol. The van der Waals surface area contributed by atoms with Crippen LogP contribution in [-0.2, 0) is 24.3 Å². The fraction of sp³-hybridized carbons (Fsp3) is 0.188. The van der Waals surface area contributed by atoms with Crippen molar-refractivity contribution in [3.8, 4) is 0 Å². The molecule has 0 aliphatic heterocycles. The van der Waals surface area contributed by atoms with Crippen LogP contribution >= 0.6 is 0 Å². The van der Waals surface area contributed by atoms with Gasteiger partial charge in [-0.3, -0.25) is 4.79 Å². The topological polar surface area (TPSA) is 55.1 Å². The minimum Gasteiger partial charge on any atom is -0.352 e. The van der Waals surface area contributed by atoms with E-state index in [1.165, 1.54) is 6.07 Å². The number of carbonyl (C=O) groups excluding carboxylic acids is 1. The van der Waals surface area contributed by atoms with Crippen LogP contribution in [0.1, 0.15) is 16.7 Å². The maximum absolute atomic E-state index is 13.4. The highest BCUT2D eigenvalue weighted by Crippen LogP contribution is 2.09. The van der Waals surface area contributed by atoms with Crippen LogP contribution < -0.4 is 11.1 Å². The number of halogens is 1. The van der Waals surface area contributed by atoms with Gasteiger partial charge in [0.15, 0.2) is 0 Å². The molecule has 0 aliphatic rings. The van der Waals surface area contributed by atoms with Gasteiger partial charge in [-0.15, -0.1) is 0 Å². The Balaban J connectivity index is 1.94. The molecule has 0 heterocycles. The van der Waals surface area contributed by atoms with E-state index < -0.39 is 0 Å². The van der Waals surface area contributed by atoms with Gasteiger partial charge in [-0.25, -0.2) is 4.39 Å². The van der Waals surface area contributed by atoms with E-state index in [4.69, 9.17) is 5.73 Å². The summed E-state index contributed by atoms with van der Waals surface area (Å²) in [5, 5.41) is 2.79. The quantitative estimate of drug-likeness (QED) is 0.876. The summed E-state index contributed by atoms with van der Waals surface area (Å²) in [5.74, 6) is -0.563. The summed E-state index contributed by atoms with van der Waals surface area (Å²) in [7, 11) is 0. The fourth-order valence-corrected chi connectivity index (χ4v) is 2.00. The highest BCUT2D eigenvalue weighted by atomic mass is 19.1. The van der Waals surface area contributed by atoms with Crippen molar-refractivity contribution in [2.75, 3.05) is 0 Å². The van der Waals surface area contributed by atoms with Crippen molar-refractivity contribution in [3.63, 3.8) is 0 Å². The van der Waals surface area contributed by atoms with Crippen molar-refractivity contribution in [1.82, 2.24) is 5.32 Å². The number of carbonyl (C=O) groups is 1. The van der Waals surface area contributed by atoms with E-state index in [-0.39, 0.29) is 18.1 Å². The molecule has 0 aromatic heterocycles. The van der Waals surface area contributed by atoms with Gasteiger partial charge in [-0.2, -0.15) is 0 Å². The summed E-state index contributed by atoms with van der Waals surface area (Å²) in [5.41, 5.74) is 8.02. The average Bonchev–Trinajstić information content (AvgIpc) is 2.48. The second-order valence-corrected chi connectivity index (χ2v) is 4.52. The molecule has 4 heteroatoms. The first-order valence-electron chi connectivity index (χ1n) is 6.47. The maximum Gasteiger partial charge on any atom is 0.224 e. The van der Waals surface area contributed by atoms with E-state index in [0.29, 0.717) is 18.7 Å². The second-order valence-electron chi connectivity index (χ2n) is 4.52. The molecule has 2 rings (SSSR count). The molecule has 3 nitrogen and oxygen atoms in total. The standard InChI is InChI=1S/C16H17FN2O/c17-15-8-4-3-5-12(15)9-16(20)19-11-14-7-2-1-6-13(14)10-18/h1-8H,9-11,18H2,(H,19,20). The second kappa shape index (κ2) is 6.82. The molecule has 0 saturated heterocycles. The minimum atomic E-state index is -0.356. The van der Waals surface area contributed by atoms with Crippen molar-refractivity contribution in [2.24, 2.45) is 5.73 Å². The zero-order valence-corrected chi connectivity index (χ0v) is 11.1. The molecule has 0 spiro atoms. The molecule has 104 valence electrons. The number of rotatable bonds is 5. The first-order chi connectivity index (χ1) is 9.70. The molecule has 0 radical (unpaired) electrons. The number of nitrogens with one attached hydrogen (secondary N) is 1. The van der Waals surface area contributed by atoms with Gasteiger partial charge in [0, 0.05) is 13.1 Å². The van der Waals surface area contributed by atoms with E-state index in [1.54, 1.807) is 18.2 Å². The fourth-order valence-electron chi connectivity index (χ4n) is 2.00. The summed E-state index contributed by atoms with van der Waals surface area (Å²) in [6.07, 6.45) is 0.0392. The Morgan fingerprint density at radius 1 is 1.00 bits per heavy atom. The predicted molar refractivity (Wildman–Crippen MR) is 76.3 cm³/mol. The SMILES string of the molecule is NCc1ccccc1CNC(=O)Cc1ccccc1F. The van der Waals surface area contributed by atoms with Gasteiger partial charge in [0.05, 0.1) is 6.42 Å². The molecule has 2 aromatic rings. The Bertz CT molecular complexity index is 599. The van der Waals surface area contributed by atoms with Crippen molar-refractivity contribution in [2.45, 2.75) is 19.5 Å². The van der Waals surface area contributed by atoms with Crippen molar-refractivity contribution >= 4 is 5.91 Å². The minimum absolute atomic E-state index is 0.0392. The Labute approximate surface area is 117 Å². The molecule has 20 heavy (non-hydrogen) atoms. The molecule has 0 fully saturated rings. The smallest absolute Gasteiger partial charge is 0.224 e. The Morgan fingerprint density at radius 3 is 2.25 bits per heavy atom. The van der Waals surface area contributed by atoms with E-state index in [0.717, 1.165) is 11.1 Å². The zero-order valence-electron chi connectivity index (χ0n) is 11.1. The lowest BCUT2D eigenvalue weighted by Gasteiger charge is -2.09. The van der Waals surface area contributed by atoms with Crippen LogP contribution in [0.25, 0.3) is 0 Å². The molecular weight excluding hydrogens is 255 g/mol. The Kier molecular flexibility index (Phi) is 4.85. The molecule has 0 aliphatic carbocycles. The molecule has 0 saturated carbocycles. The highest BCUT2D eigenvalue weighted by molar-refractivity contribution is 5.78. The van der Waals surface area contributed by atoms with Crippen LogP contribution in [0.4, 0.5) is 4.39 Å². The first kappa shape index (κ1) is 14.2. The lowest BCUT2D eigenvalue weighted by molar-refractivity contribution is -0.120. The molecule has 2 aromatic carbocycles. The van der Waals surface area contributed by atoms with Crippen LogP contribution in [0, 0.1) is 5.82 Å². The number of nitrogens with two attached hydrogens (primary N) is 1. The molecule has 0 atom stereocenters. The maximum atomic E-state index is 13.4. The third kappa shape index (κ3) is 3.65. The van der Waals surface area contributed by atoms with Crippen LogP contribution in [0.3, 0.4) is 0 Å². The summed E-state index contributed by atoms with van der Waals surface area (Å²) in [6, 6.07) is 14.0. The van der Waals surface area contributed by atoms with Crippen LogP contribution in [0.2, 0.25) is 0 Å². The monoisotopic (exact) mass is 272 g/mol. The first-order valence-corrected chi connectivity index (χ1v) is 6.47. The normalized spacial score (nSPS) is 10.3. The summed E-state index contributed by atoms with van der Waals surface area (Å²) in [6.45, 7) is 0.833. The molecular formula is C16H17FN2O. The Morgan fingerprint density at radius 2 is 1.60 bits per heavy atom. The van der Waals surface area contributed by atoms with Gasteiger partial charge in [-0.05, 0) is 22.8 Å². The van der Waals surface area contributed by atoms with Gasteiger partial charge < -0.3 is 11.1 Å². The van der Waals surface area contributed by atoms with E-state index >= 15 is 0 Å². The number of amides is 1. The number of hydrogen-bond donors (Lipinski definition) is 2. The van der Waals surface area contributed by atoms with Crippen molar-refractivity contribution in [3.05, 3.63) is 71.0 Å². The lowest BCUT2D eigenvalue weighted by atomic mass is 10.1. The molecule has 3 N–H and O–H groups in total. The number of hydrogen-bond acceptors (Lipinski definition) is 2. The van der Waals surface area contributed by atoms with Crippen LogP contribution in [-0.4, -0.2) is 5.91 Å². The van der Waals surface area contributed by atoms with E-state index in [1.807, 2.05) is 24.3 Å². The Hall–Kier alpha value is -2.20. The van der Waals surface area contributed by atoms with Crippen LogP contribution in [0.5, 0.6) is 0 Å². The van der Waals surface area contributed by atoms with Gasteiger partial charge in [-0.1, -0.05) is 42.5 Å². The third-order valence-corrected chi connectivity index (χ3v) is 3.12. The third-order valence-electron chi connectivity index (χ3n) is 3.12. The molecule has 0 unspecified atom stereocenters. The number of benzene rings is 2. The van der Waals surface area contributed by atoms with E-state index in [9.17, 15) is 9.18 Å². The largest absolute Gasteiger partial charge is 0.352 e. The van der Waals surface area contributed by atoms with Crippen LogP contribution in [0.15, 0.2) is 48.5 Å².